The first-order chi connectivity index (χ1) is 21.8. The Balaban J connectivity index is 1.15. The summed E-state index contributed by atoms with van der Waals surface area (Å²) < 4.78 is 6.59. The van der Waals surface area contributed by atoms with Gasteiger partial charge >= 0.3 is 0 Å². The van der Waals surface area contributed by atoms with Crippen LogP contribution in [-0.4, -0.2) is 17.7 Å². The van der Waals surface area contributed by atoms with Crippen LogP contribution in [0, 0.1) is 0 Å². The van der Waals surface area contributed by atoms with Gasteiger partial charge in [0.15, 0.2) is 6.17 Å². The van der Waals surface area contributed by atoms with E-state index in [0.717, 1.165) is 45.1 Å². The molecule has 3 heterocycles. The van der Waals surface area contributed by atoms with Crippen LogP contribution in [0.25, 0.3) is 17.0 Å². The van der Waals surface area contributed by atoms with Crippen molar-refractivity contribution < 1.29 is 4.42 Å². The number of aliphatic imine (C=N–C) groups is 2. The normalized spacial score (nSPS) is 18.7. The lowest BCUT2D eigenvalue weighted by Crippen LogP contribution is -2.35. The van der Waals surface area contributed by atoms with E-state index in [1.54, 1.807) is 0 Å². The molecule has 1 aliphatic carbocycles. The van der Waals surface area contributed by atoms with Gasteiger partial charge in [-0.25, -0.2) is 9.98 Å². The number of fused-ring (bicyclic) bond motifs is 7. The largest absolute Gasteiger partial charge is 0.456 e. The van der Waals surface area contributed by atoms with Crippen molar-refractivity contribution in [1.82, 2.24) is 5.32 Å². The van der Waals surface area contributed by atoms with Crippen LogP contribution in [-0.2, 0) is 0 Å². The second-order valence-electron chi connectivity index (χ2n) is 11.4. The molecule has 0 bridgehead atoms. The summed E-state index contributed by atoms with van der Waals surface area (Å²) in [5.41, 5.74) is 8.91. The summed E-state index contributed by atoms with van der Waals surface area (Å²) in [6.45, 7) is 0. The van der Waals surface area contributed by atoms with Crippen molar-refractivity contribution in [2.45, 2.75) is 18.1 Å². The third-order valence-electron chi connectivity index (χ3n) is 8.87. The van der Waals surface area contributed by atoms with Gasteiger partial charge in [-0.05, 0) is 35.9 Å². The summed E-state index contributed by atoms with van der Waals surface area (Å²) >= 11 is 0. The van der Waals surface area contributed by atoms with Crippen LogP contribution in [0.1, 0.15) is 45.7 Å². The van der Waals surface area contributed by atoms with Crippen molar-refractivity contribution in [3.8, 4) is 0 Å². The van der Waals surface area contributed by atoms with E-state index in [2.05, 4.69) is 119 Å². The number of hydrogen-bond donors (Lipinski definition) is 1. The molecule has 2 unspecified atom stereocenters. The molecule has 5 heteroatoms. The van der Waals surface area contributed by atoms with Crippen molar-refractivity contribution in [3.05, 3.63) is 173 Å². The summed E-state index contributed by atoms with van der Waals surface area (Å²) in [6, 6.07) is 46.5. The zero-order valence-corrected chi connectivity index (χ0v) is 23.8. The summed E-state index contributed by atoms with van der Waals surface area (Å²) in [4.78, 5) is 12.6. The van der Waals surface area contributed by atoms with Gasteiger partial charge in [0, 0.05) is 44.9 Å². The molecule has 1 N–H and O–H groups in total. The van der Waals surface area contributed by atoms with E-state index < -0.39 is 6.17 Å². The fraction of sp³-hybridized carbons (Fsp3) is 0.0769. The highest BCUT2D eigenvalue weighted by atomic mass is 16.3. The minimum Gasteiger partial charge on any atom is -0.456 e. The minimum absolute atomic E-state index is 0.169. The highest BCUT2D eigenvalue weighted by molar-refractivity contribution is 6.15. The molecule has 210 valence electrons. The molecule has 2 atom stereocenters. The maximum atomic E-state index is 6.59. The molecule has 2 aliphatic heterocycles. The zero-order valence-electron chi connectivity index (χ0n) is 23.8. The molecule has 5 nitrogen and oxygen atoms in total. The Kier molecular flexibility index (Phi) is 5.63. The lowest BCUT2D eigenvalue weighted by atomic mass is 9.82. The quantitative estimate of drug-likeness (QED) is 0.232. The van der Waals surface area contributed by atoms with Crippen molar-refractivity contribution >= 4 is 40.1 Å². The number of benzene rings is 5. The maximum absolute atomic E-state index is 6.59. The van der Waals surface area contributed by atoms with Crippen molar-refractivity contribution in [3.63, 3.8) is 0 Å². The molecule has 44 heavy (non-hydrogen) atoms. The van der Waals surface area contributed by atoms with Crippen LogP contribution >= 0.6 is 0 Å². The van der Waals surface area contributed by atoms with E-state index in [0.29, 0.717) is 0 Å². The van der Waals surface area contributed by atoms with Gasteiger partial charge in [-0.1, -0.05) is 115 Å². The minimum atomic E-state index is -0.405. The Morgan fingerprint density at radius 3 is 2.00 bits per heavy atom. The van der Waals surface area contributed by atoms with Gasteiger partial charge in [0.05, 0.1) is 6.04 Å². The molecule has 6 aromatic rings. The smallest absolute Gasteiger partial charge is 0.169 e. The van der Waals surface area contributed by atoms with E-state index in [-0.39, 0.29) is 12.0 Å². The summed E-state index contributed by atoms with van der Waals surface area (Å²) in [6.07, 6.45) is 4.04. The first-order valence-electron chi connectivity index (χ1n) is 15.0. The van der Waals surface area contributed by atoms with Crippen LogP contribution in [0.4, 0.5) is 11.4 Å². The molecule has 0 saturated carbocycles. The number of nitrogens with zero attached hydrogens (tertiary/aromatic N) is 3. The predicted octanol–water partition coefficient (Wildman–Crippen LogP) is 8.61. The lowest BCUT2D eigenvalue weighted by molar-refractivity contribution is 0.583. The van der Waals surface area contributed by atoms with Crippen LogP contribution in [0.3, 0.4) is 0 Å². The molecular weight excluding hydrogens is 540 g/mol. The van der Waals surface area contributed by atoms with Gasteiger partial charge < -0.3 is 14.6 Å². The molecule has 3 aliphatic rings. The first kappa shape index (κ1) is 24.9. The number of furan rings is 1. The number of amidine groups is 2. The highest BCUT2D eigenvalue weighted by Crippen LogP contribution is 2.53. The van der Waals surface area contributed by atoms with Crippen molar-refractivity contribution in [2.24, 2.45) is 9.98 Å². The maximum Gasteiger partial charge on any atom is 0.169 e. The number of anilines is 2. The number of rotatable bonds is 4. The monoisotopic (exact) mass is 568 g/mol. The van der Waals surface area contributed by atoms with Crippen LogP contribution in [0.2, 0.25) is 0 Å². The summed E-state index contributed by atoms with van der Waals surface area (Å²) in [5, 5.41) is 4.62. The third-order valence-corrected chi connectivity index (χ3v) is 8.87. The summed E-state index contributed by atoms with van der Waals surface area (Å²) in [7, 11) is 0. The van der Waals surface area contributed by atoms with Crippen LogP contribution in [0.15, 0.2) is 154 Å². The average Bonchev–Trinajstić information content (AvgIpc) is 3.64. The molecule has 0 fully saturated rings. The molecule has 9 rings (SSSR count). The molecule has 0 saturated heterocycles. The SMILES string of the molecule is C1=CC2C(c3ccccc3N2c2ccccc2)c2c1oc1cc(C3N=C(c4ccccc4)NC(c4ccccc4)=N3)ccc21. The molecular formula is C39H28N4O. The van der Waals surface area contributed by atoms with Gasteiger partial charge in [0.25, 0.3) is 0 Å². The average molecular weight is 569 g/mol. The van der Waals surface area contributed by atoms with Gasteiger partial charge in [0.1, 0.15) is 23.0 Å². The molecule has 0 radical (unpaired) electrons. The summed E-state index contributed by atoms with van der Waals surface area (Å²) in [5.74, 6) is 2.70. The van der Waals surface area contributed by atoms with E-state index >= 15 is 0 Å². The Morgan fingerprint density at radius 2 is 1.30 bits per heavy atom. The second kappa shape index (κ2) is 9.96. The fourth-order valence-electron chi connectivity index (χ4n) is 6.91. The molecule has 0 amide bonds. The number of para-hydroxylation sites is 2. The predicted molar refractivity (Wildman–Crippen MR) is 178 cm³/mol. The van der Waals surface area contributed by atoms with Gasteiger partial charge in [-0.15, -0.1) is 0 Å². The van der Waals surface area contributed by atoms with E-state index in [1.165, 1.54) is 22.5 Å². The Labute approximate surface area is 255 Å². The lowest BCUT2D eigenvalue weighted by Gasteiger charge is -2.30. The first-order valence-corrected chi connectivity index (χ1v) is 15.0. The van der Waals surface area contributed by atoms with Gasteiger partial charge in [0.2, 0.25) is 0 Å². The third kappa shape index (κ3) is 3.93. The molecule has 1 aromatic heterocycles. The standard InChI is InChI=1S/C39H28N4O/c1-4-12-25(13-5-1)37-40-38(26-14-6-2-7-15-26)42-39(41-37)27-20-21-30-34(24-27)44-33-23-22-32-35(36(30)33)29-18-10-11-19-31(29)43(32)28-16-8-3-9-17-28/h1-24,32,35,39H,(H,40,41,42). The van der Waals surface area contributed by atoms with Crippen molar-refractivity contribution in [1.29, 1.82) is 0 Å². The number of nitrogens with one attached hydrogen (secondary N) is 1. The van der Waals surface area contributed by atoms with Crippen LogP contribution in [0.5, 0.6) is 0 Å². The fourth-order valence-corrected chi connectivity index (χ4v) is 6.91. The Morgan fingerprint density at radius 1 is 0.659 bits per heavy atom. The van der Waals surface area contributed by atoms with E-state index in [9.17, 15) is 0 Å². The van der Waals surface area contributed by atoms with Crippen molar-refractivity contribution in [2.75, 3.05) is 4.90 Å². The molecule has 5 aromatic carbocycles. The Hall–Kier alpha value is -5.68. The number of hydrogen-bond acceptors (Lipinski definition) is 5. The molecule has 0 spiro atoms. The van der Waals surface area contributed by atoms with E-state index in [1.807, 2.05) is 36.4 Å². The van der Waals surface area contributed by atoms with E-state index in [4.69, 9.17) is 14.4 Å². The van der Waals surface area contributed by atoms with Crippen LogP contribution < -0.4 is 10.2 Å². The topological polar surface area (TPSA) is 53.1 Å². The van der Waals surface area contributed by atoms with Gasteiger partial charge in [-0.2, -0.15) is 0 Å². The highest BCUT2D eigenvalue weighted by Gasteiger charge is 2.43. The Bertz CT molecular complexity index is 2060. The second-order valence-corrected chi connectivity index (χ2v) is 11.4. The van der Waals surface area contributed by atoms with Gasteiger partial charge in [-0.3, -0.25) is 0 Å². The zero-order chi connectivity index (χ0) is 29.0.